The first-order chi connectivity index (χ1) is 10.1. The number of amides is 2. The van der Waals surface area contributed by atoms with E-state index in [4.69, 9.17) is 0 Å². The summed E-state index contributed by atoms with van der Waals surface area (Å²) in [5.41, 5.74) is 0. The van der Waals surface area contributed by atoms with Crippen LogP contribution in [0.1, 0.15) is 13.8 Å². The fourth-order valence-electron chi connectivity index (χ4n) is 3.05. The maximum atomic E-state index is 12.5. The van der Waals surface area contributed by atoms with Crippen molar-refractivity contribution in [3.8, 4) is 0 Å². The number of nitrogens with zero attached hydrogens (tertiary/aromatic N) is 2. The highest BCUT2D eigenvalue weighted by atomic mass is 32.2. The van der Waals surface area contributed by atoms with Gasteiger partial charge in [-0.1, -0.05) is 6.92 Å². The molecule has 2 heterocycles. The van der Waals surface area contributed by atoms with Crippen molar-refractivity contribution in [3.05, 3.63) is 0 Å². The Hall–Kier alpha value is -1.19. The molecule has 2 fully saturated rings. The number of nitrogens with one attached hydrogen (secondary N) is 1. The van der Waals surface area contributed by atoms with Gasteiger partial charge in [-0.05, 0) is 6.92 Å². The maximum absolute atomic E-state index is 12.5. The highest BCUT2D eigenvalue weighted by Crippen LogP contribution is 2.27. The highest BCUT2D eigenvalue weighted by molar-refractivity contribution is 7.88. The average Bonchev–Trinajstić information content (AvgIpc) is 2.41. The second kappa shape index (κ2) is 6.13. The molecule has 0 bridgehead atoms. The number of sulfonamides is 1. The van der Waals surface area contributed by atoms with Crippen LogP contribution in [0.2, 0.25) is 0 Å². The second-order valence-corrected chi connectivity index (χ2v) is 8.06. The van der Waals surface area contributed by atoms with E-state index in [0.29, 0.717) is 13.1 Å². The number of hydrogen-bond donors (Lipinski definition) is 2. The molecule has 2 N–H and O–H groups in total. The third kappa shape index (κ3) is 3.26. The lowest BCUT2D eigenvalue weighted by Crippen LogP contribution is -2.66. The fraction of sp³-hybridized carbons (Fsp3) is 0.846. The summed E-state index contributed by atoms with van der Waals surface area (Å²) in [6.07, 6.45) is 0.362. The number of β-lactam (4-membered cyclic amide) rings is 1. The summed E-state index contributed by atoms with van der Waals surface area (Å²) in [4.78, 5) is 25.6. The van der Waals surface area contributed by atoms with Gasteiger partial charge in [0.2, 0.25) is 21.8 Å². The molecule has 0 radical (unpaired) electrons. The van der Waals surface area contributed by atoms with Crippen molar-refractivity contribution in [3.63, 3.8) is 0 Å². The van der Waals surface area contributed by atoms with Gasteiger partial charge in [-0.25, -0.2) is 8.42 Å². The van der Waals surface area contributed by atoms with Gasteiger partial charge in [0.1, 0.15) is 0 Å². The van der Waals surface area contributed by atoms with Crippen molar-refractivity contribution in [1.82, 2.24) is 14.5 Å². The lowest BCUT2D eigenvalue weighted by molar-refractivity contribution is -0.149. The molecule has 2 aliphatic rings. The fourth-order valence-corrected chi connectivity index (χ4v) is 3.88. The Morgan fingerprint density at radius 2 is 1.82 bits per heavy atom. The molecule has 8 nitrogen and oxygen atoms in total. The van der Waals surface area contributed by atoms with Crippen molar-refractivity contribution in [2.75, 3.05) is 32.4 Å². The summed E-state index contributed by atoms with van der Waals surface area (Å²) in [5, 5.41) is 12.3. The third-order valence-corrected chi connectivity index (χ3v) is 5.77. The third-order valence-electron chi connectivity index (χ3n) is 4.47. The van der Waals surface area contributed by atoms with Crippen molar-refractivity contribution in [2.24, 2.45) is 11.8 Å². The molecule has 9 heteroatoms. The predicted molar refractivity (Wildman–Crippen MR) is 79.3 cm³/mol. The molecule has 0 aromatic carbocycles. The Bertz CT molecular complexity index is 554. The summed E-state index contributed by atoms with van der Waals surface area (Å²) in [6, 6.07) is -0.368. The van der Waals surface area contributed by atoms with Gasteiger partial charge in [0.15, 0.2) is 0 Å². The Balaban J connectivity index is 1.94. The van der Waals surface area contributed by atoms with E-state index in [9.17, 15) is 23.1 Å². The molecule has 2 rings (SSSR count). The molecule has 0 spiro atoms. The Labute approximate surface area is 130 Å². The summed E-state index contributed by atoms with van der Waals surface area (Å²) in [5.74, 6) is -1.36. The molecule has 0 saturated carbocycles. The van der Waals surface area contributed by atoms with Crippen molar-refractivity contribution >= 4 is 21.8 Å². The van der Waals surface area contributed by atoms with Gasteiger partial charge in [-0.3, -0.25) is 9.59 Å². The molecule has 0 aromatic heterocycles. The number of hydrogen-bond acceptors (Lipinski definition) is 5. The number of carbonyl (C=O) groups is 2. The van der Waals surface area contributed by atoms with E-state index in [1.807, 2.05) is 0 Å². The molecule has 2 amide bonds. The van der Waals surface area contributed by atoms with Crippen LogP contribution in [-0.2, 0) is 19.6 Å². The van der Waals surface area contributed by atoms with Crippen LogP contribution in [0.4, 0.5) is 0 Å². The summed E-state index contributed by atoms with van der Waals surface area (Å²) >= 11 is 0. The van der Waals surface area contributed by atoms with Crippen LogP contribution in [0.5, 0.6) is 0 Å². The van der Waals surface area contributed by atoms with E-state index in [1.165, 1.54) is 4.31 Å². The minimum atomic E-state index is -3.23. The quantitative estimate of drug-likeness (QED) is 0.592. The van der Waals surface area contributed by atoms with Crippen LogP contribution in [0.25, 0.3) is 0 Å². The Kier molecular flexibility index (Phi) is 4.78. The van der Waals surface area contributed by atoms with Crippen LogP contribution in [0.15, 0.2) is 0 Å². The maximum Gasteiger partial charge on any atom is 0.228 e. The molecule has 4 atom stereocenters. The average molecular weight is 333 g/mol. The molecule has 22 heavy (non-hydrogen) atoms. The molecule has 0 unspecified atom stereocenters. The SMILES string of the molecule is C[C@@H](O)[C@H]1C(=O)N[C@@H]1[C@@H](C)C(=O)N1CCN(S(C)(=O)=O)CC1. The van der Waals surface area contributed by atoms with E-state index in [-0.39, 0.29) is 30.9 Å². The molecule has 2 aliphatic heterocycles. The standard InChI is InChI=1S/C13H23N3O5S/c1-8(11-10(9(2)17)12(18)14-11)13(19)15-4-6-16(7-5-15)22(3,20)21/h8-11,17H,4-7H2,1-3H3,(H,14,18)/t8-,9-,10-,11-/m1/s1. The van der Waals surface area contributed by atoms with E-state index in [1.54, 1.807) is 18.7 Å². The molecule has 126 valence electrons. The zero-order valence-electron chi connectivity index (χ0n) is 13.0. The molecule has 0 aliphatic carbocycles. The van der Waals surface area contributed by atoms with Gasteiger partial charge >= 0.3 is 0 Å². The Morgan fingerprint density at radius 3 is 2.23 bits per heavy atom. The lowest BCUT2D eigenvalue weighted by atomic mass is 9.78. The Morgan fingerprint density at radius 1 is 1.27 bits per heavy atom. The zero-order valence-corrected chi connectivity index (χ0v) is 13.8. The van der Waals surface area contributed by atoms with Gasteiger partial charge in [0.25, 0.3) is 0 Å². The van der Waals surface area contributed by atoms with Crippen molar-refractivity contribution in [2.45, 2.75) is 26.0 Å². The predicted octanol–water partition coefficient (Wildman–Crippen LogP) is -1.78. The number of rotatable bonds is 4. The van der Waals surface area contributed by atoms with Gasteiger partial charge in [0.05, 0.1) is 30.2 Å². The first-order valence-corrected chi connectivity index (χ1v) is 9.20. The molecular formula is C13H23N3O5S. The lowest BCUT2D eigenvalue weighted by Gasteiger charge is -2.43. The van der Waals surface area contributed by atoms with E-state index in [0.717, 1.165) is 6.26 Å². The number of aliphatic hydroxyl groups excluding tert-OH is 1. The highest BCUT2D eigenvalue weighted by Gasteiger charge is 2.48. The number of carbonyl (C=O) groups excluding carboxylic acids is 2. The minimum Gasteiger partial charge on any atom is -0.393 e. The first kappa shape index (κ1) is 17.2. The van der Waals surface area contributed by atoms with E-state index >= 15 is 0 Å². The number of piperazine rings is 1. The van der Waals surface area contributed by atoms with Crippen LogP contribution in [0.3, 0.4) is 0 Å². The van der Waals surface area contributed by atoms with Gasteiger partial charge in [0, 0.05) is 26.2 Å². The largest absolute Gasteiger partial charge is 0.393 e. The summed E-state index contributed by atoms with van der Waals surface area (Å²) in [7, 11) is -3.23. The molecule has 2 saturated heterocycles. The topological polar surface area (TPSA) is 107 Å². The summed E-state index contributed by atoms with van der Waals surface area (Å²) in [6.45, 7) is 4.53. The van der Waals surface area contributed by atoms with Crippen LogP contribution >= 0.6 is 0 Å². The van der Waals surface area contributed by atoms with Crippen LogP contribution in [0, 0.1) is 11.8 Å². The minimum absolute atomic E-state index is 0.121. The smallest absolute Gasteiger partial charge is 0.228 e. The van der Waals surface area contributed by atoms with Gasteiger partial charge in [-0.2, -0.15) is 4.31 Å². The van der Waals surface area contributed by atoms with Gasteiger partial charge in [-0.15, -0.1) is 0 Å². The first-order valence-electron chi connectivity index (χ1n) is 7.35. The normalized spacial score (nSPS) is 29.5. The molecule has 0 aromatic rings. The zero-order chi connectivity index (χ0) is 16.7. The number of aliphatic hydroxyl groups is 1. The van der Waals surface area contributed by atoms with E-state index in [2.05, 4.69) is 5.32 Å². The van der Waals surface area contributed by atoms with Crippen molar-refractivity contribution in [1.29, 1.82) is 0 Å². The second-order valence-electron chi connectivity index (χ2n) is 6.08. The van der Waals surface area contributed by atoms with Crippen molar-refractivity contribution < 1.29 is 23.1 Å². The van der Waals surface area contributed by atoms with Gasteiger partial charge < -0.3 is 15.3 Å². The molecular weight excluding hydrogens is 310 g/mol. The summed E-state index contributed by atoms with van der Waals surface area (Å²) < 4.78 is 24.3. The van der Waals surface area contributed by atoms with E-state index < -0.39 is 28.0 Å². The monoisotopic (exact) mass is 333 g/mol. The van der Waals surface area contributed by atoms with Crippen LogP contribution < -0.4 is 5.32 Å². The van der Waals surface area contributed by atoms with Crippen LogP contribution in [-0.4, -0.2) is 79.1 Å².